The summed E-state index contributed by atoms with van der Waals surface area (Å²) in [6.07, 6.45) is 2.00. The quantitative estimate of drug-likeness (QED) is 0.736. The maximum atomic E-state index is 11.5. The van der Waals surface area contributed by atoms with E-state index in [9.17, 15) is 4.79 Å². The molecule has 1 atom stereocenters. The van der Waals surface area contributed by atoms with Crippen LogP contribution in [0.15, 0.2) is 35.5 Å². The van der Waals surface area contributed by atoms with Crippen LogP contribution in [-0.2, 0) is 9.63 Å². The Morgan fingerprint density at radius 1 is 1.47 bits per heavy atom. The molecule has 78 valence electrons. The summed E-state index contributed by atoms with van der Waals surface area (Å²) in [6, 6.07) is 9.45. The van der Waals surface area contributed by atoms with Gasteiger partial charge in [-0.25, -0.2) is 0 Å². The second kappa shape index (κ2) is 4.13. The van der Waals surface area contributed by atoms with Crippen LogP contribution >= 0.6 is 0 Å². The molecular formula is C11H12N2O2. The summed E-state index contributed by atoms with van der Waals surface area (Å²) in [5.41, 5.74) is 0.834. The number of para-hydroxylation sites is 1. The first-order valence-electron chi connectivity index (χ1n) is 4.81. The molecule has 1 aromatic rings. The van der Waals surface area contributed by atoms with E-state index in [0.29, 0.717) is 6.42 Å². The maximum absolute atomic E-state index is 11.5. The van der Waals surface area contributed by atoms with Crippen molar-refractivity contribution in [3.63, 3.8) is 0 Å². The maximum Gasteiger partial charge on any atom is 0.226 e. The van der Waals surface area contributed by atoms with E-state index >= 15 is 0 Å². The van der Waals surface area contributed by atoms with Crippen LogP contribution in [0.2, 0.25) is 0 Å². The summed E-state index contributed by atoms with van der Waals surface area (Å²) in [5, 5.41) is 3.67. The molecule has 1 aliphatic heterocycles. The van der Waals surface area contributed by atoms with E-state index < -0.39 is 0 Å². The molecule has 4 heteroatoms. The summed E-state index contributed by atoms with van der Waals surface area (Å²) < 4.78 is 0. The summed E-state index contributed by atoms with van der Waals surface area (Å²) in [4.78, 5) is 18.2. The van der Waals surface area contributed by atoms with Gasteiger partial charge in [-0.15, -0.1) is 0 Å². The van der Waals surface area contributed by atoms with Gasteiger partial charge >= 0.3 is 0 Å². The van der Waals surface area contributed by atoms with Gasteiger partial charge in [0, 0.05) is 25.2 Å². The van der Waals surface area contributed by atoms with Crippen LogP contribution in [-0.4, -0.2) is 18.3 Å². The van der Waals surface area contributed by atoms with Crippen molar-refractivity contribution in [2.45, 2.75) is 19.6 Å². The molecule has 1 aromatic carbocycles. The van der Waals surface area contributed by atoms with Gasteiger partial charge in [0.25, 0.3) is 0 Å². The van der Waals surface area contributed by atoms with Crippen LogP contribution in [0.5, 0.6) is 0 Å². The third kappa shape index (κ3) is 1.98. The van der Waals surface area contributed by atoms with Gasteiger partial charge in [-0.05, 0) is 12.1 Å². The van der Waals surface area contributed by atoms with E-state index in [0.717, 1.165) is 5.69 Å². The van der Waals surface area contributed by atoms with Gasteiger partial charge in [0.15, 0.2) is 0 Å². The van der Waals surface area contributed by atoms with Crippen molar-refractivity contribution in [2.24, 2.45) is 5.16 Å². The molecule has 0 fully saturated rings. The van der Waals surface area contributed by atoms with Gasteiger partial charge < -0.3 is 4.84 Å². The molecule has 1 aliphatic rings. The molecule has 0 spiro atoms. The van der Waals surface area contributed by atoms with Crippen LogP contribution in [0, 0.1) is 0 Å². The van der Waals surface area contributed by atoms with Gasteiger partial charge in [-0.1, -0.05) is 23.4 Å². The average Bonchev–Trinajstić information content (AvgIpc) is 2.72. The van der Waals surface area contributed by atoms with Crippen LogP contribution in [0.4, 0.5) is 5.69 Å². The van der Waals surface area contributed by atoms with Gasteiger partial charge in [0.05, 0.1) is 0 Å². The minimum absolute atomic E-state index is 0.0447. The molecule has 0 aromatic heterocycles. The Bertz CT molecular complexity index is 367. The molecule has 0 saturated heterocycles. The monoisotopic (exact) mass is 204 g/mol. The minimum Gasteiger partial charge on any atom is -0.370 e. The van der Waals surface area contributed by atoms with E-state index in [2.05, 4.69) is 5.16 Å². The number of amides is 1. The molecule has 0 N–H and O–H groups in total. The summed E-state index contributed by atoms with van der Waals surface area (Å²) in [6.45, 7) is 1.52. The van der Waals surface area contributed by atoms with Gasteiger partial charge in [-0.2, -0.15) is 0 Å². The largest absolute Gasteiger partial charge is 0.370 e. The predicted molar refractivity (Wildman–Crippen MR) is 57.6 cm³/mol. The van der Waals surface area contributed by atoms with Crippen LogP contribution in [0.25, 0.3) is 0 Å². The van der Waals surface area contributed by atoms with Gasteiger partial charge in [0.1, 0.15) is 0 Å². The number of carbonyl (C=O) groups is 1. The van der Waals surface area contributed by atoms with Crippen molar-refractivity contribution in [1.29, 1.82) is 0 Å². The van der Waals surface area contributed by atoms with Gasteiger partial charge in [0.2, 0.25) is 12.1 Å². The summed E-state index contributed by atoms with van der Waals surface area (Å²) in [7, 11) is 0. The lowest BCUT2D eigenvalue weighted by molar-refractivity contribution is -0.119. The van der Waals surface area contributed by atoms with Crippen LogP contribution in [0.1, 0.15) is 13.3 Å². The lowest BCUT2D eigenvalue weighted by Gasteiger charge is -2.25. The standard InChI is InChI=1S/C11H12N2O2/c1-9(14)13(11-7-8-12-15-11)10-5-3-2-4-6-10/h2-6,8,11H,7H2,1H3. The van der Waals surface area contributed by atoms with Crippen molar-refractivity contribution in [3.8, 4) is 0 Å². The van der Waals surface area contributed by atoms with Gasteiger partial charge in [-0.3, -0.25) is 9.69 Å². The highest BCUT2D eigenvalue weighted by atomic mass is 16.7. The third-order valence-corrected chi connectivity index (χ3v) is 2.23. The molecule has 0 aliphatic carbocycles. The second-order valence-corrected chi connectivity index (χ2v) is 3.31. The first-order chi connectivity index (χ1) is 7.29. The number of hydrogen-bond donors (Lipinski definition) is 0. The minimum atomic E-state index is -0.301. The first-order valence-corrected chi connectivity index (χ1v) is 4.81. The van der Waals surface area contributed by atoms with Crippen LogP contribution < -0.4 is 4.90 Å². The number of oxime groups is 1. The summed E-state index contributed by atoms with van der Waals surface area (Å²) >= 11 is 0. The molecule has 0 bridgehead atoms. The second-order valence-electron chi connectivity index (χ2n) is 3.31. The molecule has 0 saturated carbocycles. The molecule has 1 unspecified atom stereocenters. The zero-order valence-corrected chi connectivity index (χ0v) is 8.46. The molecule has 1 heterocycles. The number of hydrogen-bond acceptors (Lipinski definition) is 3. The van der Waals surface area contributed by atoms with Crippen LogP contribution in [0.3, 0.4) is 0 Å². The van der Waals surface area contributed by atoms with Crippen molar-refractivity contribution < 1.29 is 9.63 Å². The Kier molecular flexibility index (Phi) is 2.67. The Labute approximate surface area is 88.1 Å². The molecule has 2 rings (SSSR count). The molecule has 4 nitrogen and oxygen atoms in total. The number of anilines is 1. The Hall–Kier alpha value is -1.84. The van der Waals surface area contributed by atoms with E-state index in [1.807, 2.05) is 30.3 Å². The van der Waals surface area contributed by atoms with Crippen molar-refractivity contribution >= 4 is 17.8 Å². The van der Waals surface area contributed by atoms with E-state index in [4.69, 9.17) is 4.84 Å². The number of carbonyl (C=O) groups excluding carboxylic acids is 1. The molecule has 15 heavy (non-hydrogen) atoms. The van der Waals surface area contributed by atoms with E-state index in [1.165, 1.54) is 6.92 Å². The zero-order valence-electron chi connectivity index (χ0n) is 8.46. The lowest BCUT2D eigenvalue weighted by atomic mass is 10.2. The fraction of sp³-hybridized carbons (Fsp3) is 0.273. The number of benzene rings is 1. The highest BCUT2D eigenvalue weighted by molar-refractivity contribution is 5.92. The first kappa shape index (κ1) is 9.71. The predicted octanol–water partition coefficient (Wildman–Crippen LogP) is 1.77. The van der Waals surface area contributed by atoms with E-state index in [1.54, 1.807) is 11.1 Å². The topological polar surface area (TPSA) is 41.9 Å². The van der Waals surface area contributed by atoms with Crippen molar-refractivity contribution in [2.75, 3.05) is 4.90 Å². The normalized spacial score (nSPS) is 18.6. The fourth-order valence-corrected chi connectivity index (χ4v) is 1.58. The van der Waals surface area contributed by atoms with E-state index in [-0.39, 0.29) is 12.1 Å². The highest BCUT2D eigenvalue weighted by Crippen LogP contribution is 2.20. The smallest absolute Gasteiger partial charge is 0.226 e. The average molecular weight is 204 g/mol. The fourth-order valence-electron chi connectivity index (χ4n) is 1.58. The molecular weight excluding hydrogens is 192 g/mol. The van der Waals surface area contributed by atoms with Crippen molar-refractivity contribution in [1.82, 2.24) is 0 Å². The number of nitrogens with zero attached hydrogens (tertiary/aromatic N) is 2. The Morgan fingerprint density at radius 3 is 2.73 bits per heavy atom. The summed E-state index contributed by atoms with van der Waals surface area (Å²) in [5.74, 6) is -0.0447. The SMILES string of the molecule is CC(=O)N(c1ccccc1)C1CC=NO1. The molecule has 0 radical (unpaired) electrons. The van der Waals surface area contributed by atoms with Crippen molar-refractivity contribution in [3.05, 3.63) is 30.3 Å². The molecule has 1 amide bonds. The Balaban J connectivity index is 2.24. The zero-order chi connectivity index (χ0) is 10.7. The number of rotatable bonds is 2. The highest BCUT2D eigenvalue weighted by Gasteiger charge is 2.25. The Morgan fingerprint density at radius 2 is 2.20 bits per heavy atom. The third-order valence-electron chi connectivity index (χ3n) is 2.23. The lowest BCUT2D eigenvalue weighted by Crippen LogP contribution is -2.38.